The molecule has 32 heavy (non-hydrogen) atoms. The second-order valence-electron chi connectivity index (χ2n) is 7.25. The molecule has 8 nitrogen and oxygen atoms in total. The second kappa shape index (κ2) is 9.12. The summed E-state index contributed by atoms with van der Waals surface area (Å²) in [4.78, 5) is 12.5. The Morgan fingerprint density at radius 2 is 2.03 bits per heavy atom. The van der Waals surface area contributed by atoms with Crippen LogP contribution in [0.3, 0.4) is 0 Å². The third-order valence-corrected chi connectivity index (χ3v) is 8.00. The third kappa shape index (κ3) is 4.67. The Labute approximate surface area is 188 Å². The van der Waals surface area contributed by atoms with Crippen LogP contribution in [0.2, 0.25) is 0 Å². The summed E-state index contributed by atoms with van der Waals surface area (Å²) in [5, 5.41) is 20.4. The van der Waals surface area contributed by atoms with E-state index in [9.17, 15) is 17.6 Å². The van der Waals surface area contributed by atoms with Crippen molar-refractivity contribution in [3.05, 3.63) is 69.9 Å². The van der Waals surface area contributed by atoms with E-state index in [-0.39, 0.29) is 27.9 Å². The van der Waals surface area contributed by atoms with Crippen LogP contribution in [0.4, 0.5) is 10.1 Å². The molecule has 1 aliphatic rings. The largest absolute Gasteiger partial charge is 0.320 e. The highest BCUT2D eigenvalue weighted by Gasteiger charge is 2.33. The summed E-state index contributed by atoms with van der Waals surface area (Å²) in [5.41, 5.74) is 0.582. The minimum Gasteiger partial charge on any atom is -0.320 e. The van der Waals surface area contributed by atoms with E-state index in [2.05, 4.69) is 15.5 Å². The molecule has 0 spiro atoms. The van der Waals surface area contributed by atoms with E-state index in [0.717, 1.165) is 11.3 Å². The van der Waals surface area contributed by atoms with Crippen molar-refractivity contribution in [3.63, 3.8) is 0 Å². The van der Waals surface area contributed by atoms with Crippen LogP contribution >= 0.6 is 11.3 Å². The summed E-state index contributed by atoms with van der Waals surface area (Å²) in [7, 11) is -3.77. The number of piperidine rings is 1. The van der Waals surface area contributed by atoms with Crippen molar-refractivity contribution in [2.45, 2.75) is 23.7 Å². The molecule has 0 bridgehead atoms. The van der Waals surface area contributed by atoms with Crippen LogP contribution in [0, 0.1) is 17.1 Å². The van der Waals surface area contributed by atoms with Gasteiger partial charge in [0, 0.05) is 24.7 Å². The number of nitrogens with zero attached hydrogens (tertiary/aromatic N) is 4. The first-order valence-electron chi connectivity index (χ1n) is 9.77. The van der Waals surface area contributed by atoms with Crippen molar-refractivity contribution in [1.29, 1.82) is 5.26 Å². The lowest BCUT2D eigenvalue weighted by atomic mass is 10.0. The highest BCUT2D eigenvalue weighted by molar-refractivity contribution is 7.89. The van der Waals surface area contributed by atoms with Crippen LogP contribution in [0.1, 0.15) is 39.1 Å². The Morgan fingerprint density at radius 3 is 2.81 bits per heavy atom. The molecule has 1 fully saturated rings. The van der Waals surface area contributed by atoms with E-state index < -0.39 is 21.7 Å². The Bertz CT molecular complexity index is 1300. The van der Waals surface area contributed by atoms with Gasteiger partial charge in [-0.05, 0) is 49.2 Å². The first kappa shape index (κ1) is 22.0. The molecular formula is C21H18FN5O3S2. The van der Waals surface area contributed by atoms with Crippen molar-refractivity contribution < 1.29 is 17.6 Å². The minimum atomic E-state index is -3.77. The Hall–Kier alpha value is -3.20. The van der Waals surface area contributed by atoms with Gasteiger partial charge in [-0.2, -0.15) is 9.57 Å². The third-order valence-electron chi connectivity index (χ3n) is 5.05. The van der Waals surface area contributed by atoms with Crippen molar-refractivity contribution in [3.8, 4) is 6.07 Å². The average Bonchev–Trinajstić information content (AvgIpc) is 3.30. The molecule has 1 amide bonds. The highest BCUT2D eigenvalue weighted by Crippen LogP contribution is 2.32. The zero-order valence-corrected chi connectivity index (χ0v) is 18.4. The van der Waals surface area contributed by atoms with E-state index in [1.165, 1.54) is 34.6 Å². The lowest BCUT2D eigenvalue weighted by Gasteiger charge is -2.30. The molecule has 11 heteroatoms. The number of carbonyl (C=O) groups is 1. The van der Waals surface area contributed by atoms with Gasteiger partial charge in [-0.1, -0.05) is 23.5 Å². The van der Waals surface area contributed by atoms with Crippen LogP contribution < -0.4 is 5.32 Å². The van der Waals surface area contributed by atoms with Gasteiger partial charge in [0.05, 0.1) is 16.5 Å². The maximum absolute atomic E-state index is 13.3. The number of sulfonamides is 1. The van der Waals surface area contributed by atoms with E-state index in [0.29, 0.717) is 30.1 Å². The summed E-state index contributed by atoms with van der Waals surface area (Å²) in [6.07, 6.45) is 1.34. The van der Waals surface area contributed by atoms with E-state index in [1.54, 1.807) is 18.2 Å². The smallest absolute Gasteiger partial charge is 0.286 e. The molecule has 1 unspecified atom stereocenters. The number of rotatable bonds is 5. The SMILES string of the molecule is N#Cc1cccc(S(=O)(=O)N2CCCC(c3nnc(C(=O)Nc4cccc(F)c4)s3)C2)c1. The predicted octanol–water partition coefficient (Wildman–Crippen LogP) is 3.37. The maximum atomic E-state index is 13.3. The number of aromatic nitrogens is 2. The standard InChI is InChI=1S/C21H18FN5O3S2/c22-16-6-2-7-17(11-16)24-19(28)21-26-25-20(31-21)15-5-3-9-27(13-15)32(29,30)18-8-1-4-14(10-18)12-23/h1-2,4,6-8,10-11,15H,3,5,9,13H2,(H,24,28). The molecule has 2 heterocycles. The lowest BCUT2D eigenvalue weighted by molar-refractivity contribution is 0.102. The minimum absolute atomic E-state index is 0.0737. The Balaban J connectivity index is 1.48. The number of anilines is 1. The molecule has 164 valence electrons. The summed E-state index contributed by atoms with van der Waals surface area (Å²) in [6, 6.07) is 13.4. The molecule has 0 saturated carbocycles. The number of nitriles is 1. The van der Waals surface area contributed by atoms with Gasteiger partial charge >= 0.3 is 0 Å². The fourth-order valence-electron chi connectivity index (χ4n) is 3.48. The fourth-order valence-corrected chi connectivity index (χ4v) is 5.91. The average molecular weight is 472 g/mol. The molecule has 4 rings (SSSR count). The monoisotopic (exact) mass is 471 g/mol. The van der Waals surface area contributed by atoms with E-state index in [1.807, 2.05) is 6.07 Å². The zero-order valence-electron chi connectivity index (χ0n) is 16.7. The van der Waals surface area contributed by atoms with Crippen LogP contribution in [-0.2, 0) is 10.0 Å². The molecule has 1 aromatic heterocycles. The molecule has 1 aliphatic heterocycles. The number of amides is 1. The van der Waals surface area contributed by atoms with Crippen LogP contribution in [0.15, 0.2) is 53.4 Å². The van der Waals surface area contributed by atoms with Gasteiger partial charge in [0.1, 0.15) is 10.8 Å². The van der Waals surface area contributed by atoms with Gasteiger partial charge in [0.25, 0.3) is 5.91 Å². The molecular weight excluding hydrogens is 453 g/mol. The zero-order chi connectivity index (χ0) is 22.7. The molecule has 1 saturated heterocycles. The van der Waals surface area contributed by atoms with Crippen LogP contribution in [-0.4, -0.2) is 41.9 Å². The molecule has 2 aromatic carbocycles. The normalized spacial score (nSPS) is 16.9. The lowest BCUT2D eigenvalue weighted by Crippen LogP contribution is -2.39. The van der Waals surface area contributed by atoms with Crippen LogP contribution in [0.25, 0.3) is 0 Å². The second-order valence-corrected chi connectivity index (χ2v) is 10.2. The number of carbonyl (C=O) groups excluding carboxylic acids is 1. The Morgan fingerprint density at radius 1 is 1.22 bits per heavy atom. The van der Waals surface area contributed by atoms with Gasteiger partial charge in [0.2, 0.25) is 15.0 Å². The number of halogens is 1. The molecule has 0 aliphatic carbocycles. The van der Waals surface area contributed by atoms with Crippen molar-refractivity contribution in [2.24, 2.45) is 0 Å². The number of nitrogens with one attached hydrogen (secondary N) is 1. The van der Waals surface area contributed by atoms with Crippen LogP contribution in [0.5, 0.6) is 0 Å². The van der Waals surface area contributed by atoms with Gasteiger partial charge in [-0.25, -0.2) is 12.8 Å². The topological polar surface area (TPSA) is 116 Å². The number of hydrogen-bond acceptors (Lipinski definition) is 7. The van der Waals surface area contributed by atoms with E-state index >= 15 is 0 Å². The van der Waals surface area contributed by atoms with Gasteiger partial charge in [0.15, 0.2) is 0 Å². The van der Waals surface area contributed by atoms with E-state index in [4.69, 9.17) is 5.26 Å². The van der Waals surface area contributed by atoms with Crippen molar-refractivity contribution in [1.82, 2.24) is 14.5 Å². The molecule has 0 radical (unpaired) electrons. The summed E-state index contributed by atoms with van der Waals surface area (Å²) in [6.45, 7) is 0.570. The molecule has 1 N–H and O–H groups in total. The number of hydrogen-bond donors (Lipinski definition) is 1. The summed E-state index contributed by atoms with van der Waals surface area (Å²) < 4.78 is 40.8. The number of benzene rings is 2. The first-order chi connectivity index (χ1) is 15.4. The maximum Gasteiger partial charge on any atom is 0.286 e. The van der Waals surface area contributed by atoms with Gasteiger partial charge < -0.3 is 5.32 Å². The summed E-state index contributed by atoms with van der Waals surface area (Å²) in [5.74, 6) is -1.18. The van der Waals surface area contributed by atoms with Gasteiger partial charge in [-0.3, -0.25) is 4.79 Å². The fraction of sp³-hybridized carbons (Fsp3) is 0.238. The predicted molar refractivity (Wildman–Crippen MR) is 116 cm³/mol. The summed E-state index contributed by atoms with van der Waals surface area (Å²) >= 11 is 1.09. The highest BCUT2D eigenvalue weighted by atomic mass is 32.2. The van der Waals surface area contributed by atoms with Crippen molar-refractivity contribution in [2.75, 3.05) is 18.4 Å². The first-order valence-corrected chi connectivity index (χ1v) is 12.0. The van der Waals surface area contributed by atoms with Crippen molar-refractivity contribution >= 4 is 33.0 Å². The quantitative estimate of drug-likeness (QED) is 0.610. The Kier molecular flexibility index (Phi) is 6.27. The van der Waals surface area contributed by atoms with Gasteiger partial charge in [-0.15, -0.1) is 10.2 Å². The molecule has 3 aromatic rings. The molecule has 1 atom stereocenters.